The third-order valence-electron chi connectivity index (χ3n) is 4.52. The Labute approximate surface area is 175 Å². The van der Waals surface area contributed by atoms with Gasteiger partial charge in [0.25, 0.3) is 5.91 Å². The van der Waals surface area contributed by atoms with Crippen LogP contribution in [0.25, 0.3) is 6.08 Å². The van der Waals surface area contributed by atoms with Crippen molar-refractivity contribution in [3.05, 3.63) is 51.9 Å². The van der Waals surface area contributed by atoms with Crippen LogP contribution in [0.1, 0.15) is 40.2 Å². The van der Waals surface area contributed by atoms with E-state index in [4.69, 9.17) is 5.73 Å². The Morgan fingerprint density at radius 2 is 1.72 bits per heavy atom. The lowest BCUT2D eigenvalue weighted by atomic mass is 10.1. The zero-order chi connectivity index (χ0) is 21.8. The Morgan fingerprint density at radius 3 is 2.24 bits per heavy atom. The van der Waals surface area contributed by atoms with Crippen LogP contribution in [0.5, 0.6) is 0 Å². The molecule has 1 heterocycles. The molecule has 7 nitrogen and oxygen atoms in total. The van der Waals surface area contributed by atoms with Crippen LogP contribution in [-0.4, -0.2) is 37.6 Å². The van der Waals surface area contributed by atoms with Crippen LogP contribution in [0.2, 0.25) is 0 Å². The molecule has 0 saturated carbocycles. The minimum absolute atomic E-state index is 0.207. The second-order valence-corrected chi connectivity index (χ2v) is 9.50. The van der Waals surface area contributed by atoms with Crippen LogP contribution in [-0.2, 0) is 14.8 Å². The van der Waals surface area contributed by atoms with E-state index in [0.717, 1.165) is 10.4 Å². The van der Waals surface area contributed by atoms with Crippen LogP contribution < -0.4 is 11.1 Å². The maximum Gasteiger partial charge on any atom is 0.251 e. The molecule has 9 heteroatoms. The molecule has 0 saturated heterocycles. The molecule has 1 aromatic carbocycles. The summed E-state index contributed by atoms with van der Waals surface area (Å²) in [5.74, 6) is -0.996. The lowest BCUT2D eigenvalue weighted by molar-refractivity contribution is -0.111. The maximum atomic E-state index is 12.5. The Bertz CT molecular complexity index is 1030. The third-order valence-corrected chi connectivity index (χ3v) is 7.71. The number of nitrogens with zero attached hydrogens (tertiary/aromatic N) is 1. The Balaban J connectivity index is 2.14. The molecule has 1 aromatic heterocycles. The molecule has 0 aliphatic heterocycles. The second kappa shape index (κ2) is 9.34. The van der Waals surface area contributed by atoms with E-state index in [1.165, 1.54) is 33.9 Å². The van der Waals surface area contributed by atoms with Crippen molar-refractivity contribution >= 4 is 44.3 Å². The van der Waals surface area contributed by atoms with Gasteiger partial charge >= 0.3 is 0 Å². The SMILES string of the molecule is CCN(CC)S(=O)(=O)c1ccc(/C=C\C(=O)Nc2sc(C)c(C)c2C(N)=O)cc1. The summed E-state index contributed by atoms with van der Waals surface area (Å²) < 4.78 is 26.4. The van der Waals surface area contributed by atoms with Gasteiger partial charge in [0.1, 0.15) is 5.00 Å². The second-order valence-electron chi connectivity index (χ2n) is 6.33. The maximum absolute atomic E-state index is 12.5. The van der Waals surface area contributed by atoms with Crippen molar-refractivity contribution in [2.75, 3.05) is 18.4 Å². The molecular formula is C20H25N3O4S2. The molecule has 2 amide bonds. The van der Waals surface area contributed by atoms with Crippen LogP contribution in [0.4, 0.5) is 5.00 Å². The van der Waals surface area contributed by atoms with Crippen LogP contribution in [0.15, 0.2) is 35.2 Å². The van der Waals surface area contributed by atoms with Crippen molar-refractivity contribution in [2.45, 2.75) is 32.6 Å². The molecule has 0 fully saturated rings. The zero-order valence-corrected chi connectivity index (χ0v) is 18.5. The number of sulfonamides is 1. The first kappa shape index (κ1) is 22.8. The molecule has 0 unspecified atom stereocenters. The predicted octanol–water partition coefficient (Wildman–Crippen LogP) is 3.15. The van der Waals surface area contributed by atoms with Gasteiger partial charge in [-0.25, -0.2) is 8.42 Å². The number of amides is 2. The lowest BCUT2D eigenvalue weighted by Crippen LogP contribution is -2.30. The van der Waals surface area contributed by atoms with Crippen molar-refractivity contribution in [1.29, 1.82) is 0 Å². The minimum Gasteiger partial charge on any atom is -0.365 e. The summed E-state index contributed by atoms with van der Waals surface area (Å²) >= 11 is 1.29. The van der Waals surface area contributed by atoms with Gasteiger partial charge in [0.05, 0.1) is 10.5 Å². The largest absolute Gasteiger partial charge is 0.365 e. The molecule has 0 atom stereocenters. The molecule has 0 radical (unpaired) electrons. The van der Waals surface area contributed by atoms with Gasteiger partial charge in [-0.15, -0.1) is 11.3 Å². The van der Waals surface area contributed by atoms with Crippen molar-refractivity contribution in [1.82, 2.24) is 4.31 Å². The number of hydrogen-bond donors (Lipinski definition) is 2. The number of nitrogens with two attached hydrogens (primary N) is 1. The molecule has 29 heavy (non-hydrogen) atoms. The number of aryl methyl sites for hydroxylation is 1. The monoisotopic (exact) mass is 435 g/mol. The first-order valence-electron chi connectivity index (χ1n) is 9.10. The van der Waals surface area contributed by atoms with E-state index in [2.05, 4.69) is 5.32 Å². The first-order valence-corrected chi connectivity index (χ1v) is 11.4. The van der Waals surface area contributed by atoms with E-state index in [1.54, 1.807) is 39.0 Å². The quantitative estimate of drug-likeness (QED) is 0.621. The number of hydrogen-bond acceptors (Lipinski definition) is 5. The van der Waals surface area contributed by atoms with Crippen LogP contribution in [0, 0.1) is 13.8 Å². The van der Waals surface area contributed by atoms with Gasteiger partial charge in [0.15, 0.2) is 0 Å². The van der Waals surface area contributed by atoms with Crippen molar-refractivity contribution < 1.29 is 18.0 Å². The molecule has 156 valence electrons. The van der Waals surface area contributed by atoms with Gasteiger partial charge in [-0.3, -0.25) is 9.59 Å². The number of carbonyl (C=O) groups is 2. The first-order chi connectivity index (χ1) is 13.6. The summed E-state index contributed by atoms with van der Waals surface area (Å²) in [6.07, 6.45) is 2.89. The van der Waals surface area contributed by atoms with E-state index >= 15 is 0 Å². The molecule has 2 aromatic rings. The van der Waals surface area contributed by atoms with E-state index in [-0.39, 0.29) is 4.90 Å². The molecule has 2 rings (SSSR count). The summed E-state index contributed by atoms with van der Waals surface area (Å²) in [7, 11) is -3.52. The highest BCUT2D eigenvalue weighted by atomic mass is 32.2. The number of anilines is 1. The average molecular weight is 436 g/mol. The lowest BCUT2D eigenvalue weighted by Gasteiger charge is -2.18. The summed E-state index contributed by atoms with van der Waals surface area (Å²) in [5.41, 5.74) is 7.16. The van der Waals surface area contributed by atoms with Crippen molar-refractivity contribution in [3.8, 4) is 0 Å². The molecular weight excluding hydrogens is 410 g/mol. The average Bonchev–Trinajstić information content (AvgIpc) is 2.94. The van der Waals surface area contributed by atoms with Gasteiger partial charge in [0, 0.05) is 24.0 Å². The molecule has 0 spiro atoms. The highest BCUT2D eigenvalue weighted by Gasteiger charge is 2.21. The summed E-state index contributed by atoms with van der Waals surface area (Å²) in [4.78, 5) is 25.0. The number of rotatable bonds is 8. The fourth-order valence-electron chi connectivity index (χ4n) is 2.80. The number of benzene rings is 1. The van der Waals surface area contributed by atoms with Crippen molar-refractivity contribution in [3.63, 3.8) is 0 Å². The highest BCUT2D eigenvalue weighted by molar-refractivity contribution is 7.89. The van der Waals surface area contributed by atoms with Crippen molar-refractivity contribution in [2.24, 2.45) is 5.73 Å². The minimum atomic E-state index is -3.52. The molecule has 3 N–H and O–H groups in total. The molecule has 0 aliphatic carbocycles. The third kappa shape index (κ3) is 5.11. The van der Waals surface area contributed by atoms with Gasteiger partial charge in [-0.05, 0) is 43.2 Å². The molecule has 0 aliphatic rings. The van der Waals surface area contributed by atoms with Gasteiger partial charge in [0.2, 0.25) is 15.9 Å². The highest BCUT2D eigenvalue weighted by Crippen LogP contribution is 2.32. The topological polar surface area (TPSA) is 110 Å². The zero-order valence-electron chi connectivity index (χ0n) is 16.9. The Morgan fingerprint density at radius 1 is 1.14 bits per heavy atom. The summed E-state index contributed by atoms with van der Waals surface area (Å²) in [6.45, 7) is 8.01. The number of carbonyl (C=O) groups excluding carboxylic acids is 2. The van der Waals surface area contributed by atoms with E-state index in [0.29, 0.717) is 29.2 Å². The summed E-state index contributed by atoms with van der Waals surface area (Å²) in [6, 6.07) is 6.30. The smallest absolute Gasteiger partial charge is 0.251 e. The predicted molar refractivity (Wildman–Crippen MR) is 117 cm³/mol. The van der Waals surface area contributed by atoms with Gasteiger partial charge in [-0.1, -0.05) is 26.0 Å². The van der Waals surface area contributed by atoms with E-state index in [1.807, 2.05) is 6.92 Å². The van der Waals surface area contributed by atoms with E-state index in [9.17, 15) is 18.0 Å². The Kier molecular flexibility index (Phi) is 7.34. The van der Waals surface area contributed by atoms with Crippen LogP contribution in [0.3, 0.4) is 0 Å². The normalized spacial score (nSPS) is 11.9. The van der Waals surface area contributed by atoms with Crippen LogP contribution >= 0.6 is 11.3 Å². The van der Waals surface area contributed by atoms with E-state index < -0.39 is 21.8 Å². The fraction of sp³-hybridized carbons (Fsp3) is 0.300. The number of thiophene rings is 1. The molecule has 0 bridgehead atoms. The number of primary amides is 1. The standard InChI is InChI=1S/C20H25N3O4S2/c1-5-23(6-2)29(26,27)16-10-7-15(8-11-16)9-12-17(24)22-20-18(19(21)25)13(3)14(4)28-20/h7-12H,5-6H2,1-4H3,(H2,21,25)(H,22,24)/b12-9-. The number of nitrogens with one attached hydrogen (secondary N) is 1. The van der Waals surface area contributed by atoms with Gasteiger partial charge < -0.3 is 11.1 Å². The Hall–Kier alpha value is -2.49. The fourth-order valence-corrected chi connectivity index (χ4v) is 5.33. The summed E-state index contributed by atoms with van der Waals surface area (Å²) in [5, 5.41) is 3.10. The van der Waals surface area contributed by atoms with Gasteiger partial charge in [-0.2, -0.15) is 4.31 Å².